The molecule has 1 aromatic carbocycles. The van der Waals surface area contributed by atoms with E-state index in [1.165, 1.54) is 9.80 Å². The molecule has 1 N–H and O–H groups in total. The molecule has 0 saturated carbocycles. The highest BCUT2D eigenvalue weighted by Gasteiger charge is 2.41. The minimum Gasteiger partial charge on any atom is -0.481 e. The quantitative estimate of drug-likeness (QED) is 0.802. The number of morpholine rings is 1. The molecule has 2 atom stereocenters. The van der Waals surface area contributed by atoms with E-state index in [2.05, 4.69) is 0 Å². The normalized spacial score (nSPS) is 23.4. The monoisotopic (exact) mass is 368 g/mol. The van der Waals surface area contributed by atoms with E-state index in [1.54, 1.807) is 0 Å². The Bertz CT molecular complexity index is 722. The zero-order valence-corrected chi connectivity index (χ0v) is 13.9. The van der Waals surface area contributed by atoms with Crippen LogP contribution in [0.4, 0.5) is 14.5 Å². The van der Waals surface area contributed by atoms with Gasteiger partial charge >= 0.3 is 5.97 Å². The van der Waals surface area contributed by atoms with Gasteiger partial charge in [-0.15, -0.1) is 0 Å². The molecule has 0 bridgehead atoms. The topological polar surface area (TPSA) is 87.2 Å². The van der Waals surface area contributed by atoms with Crippen molar-refractivity contribution >= 4 is 23.5 Å². The van der Waals surface area contributed by atoms with Crippen LogP contribution in [0.5, 0.6) is 0 Å². The van der Waals surface area contributed by atoms with Gasteiger partial charge in [-0.05, 0) is 18.6 Å². The maximum atomic E-state index is 13.4. The number of hydrogen-bond acceptors (Lipinski definition) is 4. The van der Waals surface area contributed by atoms with Crippen LogP contribution >= 0.6 is 0 Å². The number of anilines is 1. The Balaban J connectivity index is 1.69. The first-order chi connectivity index (χ1) is 12.3. The Hall–Kier alpha value is -2.55. The molecule has 7 nitrogen and oxygen atoms in total. The van der Waals surface area contributed by atoms with E-state index < -0.39 is 41.4 Å². The first-order valence-corrected chi connectivity index (χ1v) is 8.25. The molecule has 0 spiro atoms. The number of aliphatic carboxylic acids is 1. The highest BCUT2D eigenvalue weighted by atomic mass is 19.1. The van der Waals surface area contributed by atoms with Crippen molar-refractivity contribution < 1.29 is 33.0 Å². The Morgan fingerprint density at radius 1 is 1.19 bits per heavy atom. The molecule has 2 amide bonds. The standard InChI is InChI=1S/C17H18F2N2O5/c18-10-5-11(19)7-12(6-10)21-2-1-14(17(21)25)16(24)20-3-4-26-13(9-20)8-15(22)23/h5-7,13-14H,1-4,8-9H2,(H,22,23)/t13-,14-/m0/s1. The smallest absolute Gasteiger partial charge is 0.306 e. The molecule has 0 radical (unpaired) electrons. The highest BCUT2D eigenvalue weighted by Crippen LogP contribution is 2.28. The van der Waals surface area contributed by atoms with Gasteiger partial charge in [-0.2, -0.15) is 0 Å². The van der Waals surface area contributed by atoms with Crippen molar-refractivity contribution in [1.82, 2.24) is 4.90 Å². The number of carboxylic acids is 1. The number of hydrogen-bond donors (Lipinski definition) is 1. The van der Waals surface area contributed by atoms with Gasteiger partial charge in [-0.25, -0.2) is 8.78 Å². The zero-order chi connectivity index (χ0) is 18.8. The molecule has 2 saturated heterocycles. The SMILES string of the molecule is O=C(O)C[C@H]1CN(C(=O)[C@@H]2CCN(c3cc(F)cc(F)c3)C2=O)CCO1. The Morgan fingerprint density at radius 2 is 1.88 bits per heavy atom. The molecular formula is C17H18F2N2O5. The van der Waals surface area contributed by atoms with Crippen molar-refractivity contribution in [3.8, 4) is 0 Å². The van der Waals surface area contributed by atoms with Crippen molar-refractivity contribution in [2.24, 2.45) is 5.92 Å². The molecule has 2 heterocycles. The number of benzene rings is 1. The van der Waals surface area contributed by atoms with Gasteiger partial charge in [-0.1, -0.05) is 0 Å². The maximum Gasteiger partial charge on any atom is 0.306 e. The third kappa shape index (κ3) is 3.82. The Labute approximate surface area is 148 Å². The van der Waals surface area contributed by atoms with Crippen molar-refractivity contribution in [3.63, 3.8) is 0 Å². The summed E-state index contributed by atoms with van der Waals surface area (Å²) in [6.45, 7) is 0.751. The lowest BCUT2D eigenvalue weighted by molar-refractivity contribution is -0.151. The van der Waals surface area contributed by atoms with Crippen LogP contribution in [0.1, 0.15) is 12.8 Å². The molecule has 2 aliphatic heterocycles. The van der Waals surface area contributed by atoms with E-state index in [4.69, 9.17) is 9.84 Å². The number of rotatable bonds is 4. The van der Waals surface area contributed by atoms with Crippen LogP contribution in [-0.2, 0) is 19.1 Å². The summed E-state index contributed by atoms with van der Waals surface area (Å²) in [5, 5.41) is 8.84. The molecule has 1 aromatic rings. The van der Waals surface area contributed by atoms with E-state index in [0.29, 0.717) is 6.07 Å². The summed E-state index contributed by atoms with van der Waals surface area (Å²) in [6, 6.07) is 2.81. The second-order valence-electron chi connectivity index (χ2n) is 6.33. The second-order valence-corrected chi connectivity index (χ2v) is 6.33. The summed E-state index contributed by atoms with van der Waals surface area (Å²) in [4.78, 5) is 38.7. The zero-order valence-electron chi connectivity index (χ0n) is 13.9. The van der Waals surface area contributed by atoms with Gasteiger partial charge in [0.15, 0.2) is 0 Å². The molecule has 2 fully saturated rings. The summed E-state index contributed by atoms with van der Waals surface area (Å²) in [7, 11) is 0. The summed E-state index contributed by atoms with van der Waals surface area (Å²) in [5.74, 6) is -4.49. The number of halogens is 2. The van der Waals surface area contributed by atoms with E-state index in [1.807, 2.05) is 0 Å². The van der Waals surface area contributed by atoms with Crippen LogP contribution < -0.4 is 4.90 Å². The van der Waals surface area contributed by atoms with Crippen LogP contribution in [0.25, 0.3) is 0 Å². The second kappa shape index (κ2) is 7.36. The molecule has 2 aliphatic rings. The van der Waals surface area contributed by atoms with Crippen LogP contribution in [0.2, 0.25) is 0 Å². The van der Waals surface area contributed by atoms with E-state index in [9.17, 15) is 23.2 Å². The van der Waals surface area contributed by atoms with Crippen LogP contribution in [-0.4, -0.2) is 60.1 Å². The molecular weight excluding hydrogens is 350 g/mol. The predicted molar refractivity (Wildman–Crippen MR) is 85.4 cm³/mol. The molecule has 0 aliphatic carbocycles. The van der Waals surface area contributed by atoms with Crippen LogP contribution in [0.15, 0.2) is 18.2 Å². The summed E-state index contributed by atoms with van der Waals surface area (Å²) < 4.78 is 32.1. The van der Waals surface area contributed by atoms with Crippen LogP contribution in [0.3, 0.4) is 0 Å². The van der Waals surface area contributed by atoms with Gasteiger partial charge in [0.2, 0.25) is 11.8 Å². The van der Waals surface area contributed by atoms with Gasteiger partial charge in [0.05, 0.1) is 19.1 Å². The van der Waals surface area contributed by atoms with Crippen molar-refractivity contribution in [2.45, 2.75) is 18.9 Å². The number of carboxylic acid groups (broad SMARTS) is 1. The van der Waals surface area contributed by atoms with Gasteiger partial charge in [0.1, 0.15) is 17.6 Å². The minimum atomic E-state index is -1.03. The van der Waals surface area contributed by atoms with Gasteiger partial charge in [0.25, 0.3) is 0 Å². The van der Waals surface area contributed by atoms with Gasteiger partial charge in [-0.3, -0.25) is 14.4 Å². The van der Waals surface area contributed by atoms with E-state index >= 15 is 0 Å². The van der Waals surface area contributed by atoms with Gasteiger partial charge < -0.3 is 19.6 Å². The molecule has 0 aromatic heterocycles. The fourth-order valence-electron chi connectivity index (χ4n) is 3.32. The first-order valence-electron chi connectivity index (χ1n) is 8.25. The predicted octanol–water partition coefficient (Wildman–Crippen LogP) is 1.02. The maximum absolute atomic E-state index is 13.4. The lowest BCUT2D eigenvalue weighted by Crippen LogP contribution is -2.49. The van der Waals surface area contributed by atoms with Crippen molar-refractivity contribution in [1.29, 1.82) is 0 Å². The first kappa shape index (κ1) is 18.2. The highest BCUT2D eigenvalue weighted by molar-refractivity contribution is 6.09. The number of carbonyl (C=O) groups is 3. The van der Waals surface area contributed by atoms with Gasteiger partial charge in [0, 0.05) is 31.4 Å². The molecule has 3 rings (SSSR count). The number of amides is 2. The van der Waals surface area contributed by atoms with E-state index in [0.717, 1.165) is 12.1 Å². The van der Waals surface area contributed by atoms with Crippen molar-refractivity contribution in [3.05, 3.63) is 29.8 Å². The van der Waals surface area contributed by atoms with E-state index in [-0.39, 0.29) is 44.8 Å². The van der Waals surface area contributed by atoms with Crippen molar-refractivity contribution in [2.75, 3.05) is 31.1 Å². The summed E-state index contributed by atoms with van der Waals surface area (Å²) in [5.41, 5.74) is 0.0773. The molecule has 9 heteroatoms. The minimum absolute atomic E-state index is 0.0773. The lowest BCUT2D eigenvalue weighted by atomic mass is 10.1. The number of carbonyl (C=O) groups excluding carboxylic acids is 2. The largest absolute Gasteiger partial charge is 0.481 e. The fourth-order valence-corrected chi connectivity index (χ4v) is 3.32. The summed E-state index contributed by atoms with van der Waals surface area (Å²) in [6.07, 6.45) is -0.608. The average Bonchev–Trinajstić information content (AvgIpc) is 2.94. The molecule has 140 valence electrons. The summed E-state index contributed by atoms with van der Waals surface area (Å²) >= 11 is 0. The fraction of sp³-hybridized carbons (Fsp3) is 0.471. The third-order valence-electron chi connectivity index (χ3n) is 4.52. The Morgan fingerprint density at radius 3 is 2.54 bits per heavy atom. The van der Waals surface area contributed by atoms with Crippen LogP contribution in [0, 0.1) is 17.6 Å². The molecule has 0 unspecified atom stereocenters. The number of nitrogens with zero attached hydrogens (tertiary/aromatic N) is 2. The number of ether oxygens (including phenoxy) is 1. The lowest BCUT2D eigenvalue weighted by Gasteiger charge is -2.33. The third-order valence-corrected chi connectivity index (χ3v) is 4.52. The Kier molecular flexibility index (Phi) is 5.17. The average molecular weight is 368 g/mol. The molecule has 26 heavy (non-hydrogen) atoms.